The molecule has 1 unspecified atom stereocenters. The van der Waals surface area contributed by atoms with E-state index in [0.29, 0.717) is 0 Å². The van der Waals surface area contributed by atoms with Gasteiger partial charge in [-0.15, -0.1) is 19.8 Å². The first kappa shape index (κ1) is 14.7. The van der Waals surface area contributed by atoms with Gasteiger partial charge in [0.05, 0.1) is 0 Å². The molecule has 16 heavy (non-hydrogen) atoms. The maximum Gasteiger partial charge on any atom is 0.575 e. The predicted molar refractivity (Wildman–Crippen MR) is 50.4 cm³/mol. The fraction of sp³-hybridized carbons (Fsp3) is 0.600. The van der Waals surface area contributed by atoms with E-state index in [1.54, 1.807) is 0 Å². The Morgan fingerprint density at radius 3 is 2.12 bits per heavy atom. The molecule has 0 aromatic heterocycles. The molecule has 0 saturated carbocycles. The molecule has 0 rings (SSSR count). The Balaban J connectivity index is 5.10. The normalized spacial score (nSPS) is 15.1. The minimum atomic E-state index is -5.08. The molecule has 6 heteroatoms. The van der Waals surface area contributed by atoms with Crippen molar-refractivity contribution < 1.29 is 27.5 Å². The van der Waals surface area contributed by atoms with Gasteiger partial charge in [0.15, 0.2) is 0 Å². The number of alkyl halides is 3. The fourth-order valence-electron chi connectivity index (χ4n) is 1.36. The summed E-state index contributed by atoms with van der Waals surface area (Å²) in [5.41, 5.74) is -1.78. The van der Waals surface area contributed by atoms with E-state index in [1.165, 1.54) is 13.0 Å². The number of carbonyl (C=O) groups is 2. The predicted octanol–water partition coefficient (Wildman–Crippen LogP) is 2.61. The Morgan fingerprint density at radius 2 is 1.88 bits per heavy atom. The van der Waals surface area contributed by atoms with Gasteiger partial charge < -0.3 is 4.74 Å². The van der Waals surface area contributed by atoms with E-state index in [9.17, 15) is 22.8 Å². The highest BCUT2D eigenvalue weighted by atomic mass is 19.4. The fourth-order valence-corrected chi connectivity index (χ4v) is 1.36. The number of Topliss-reactive ketones (excluding diaryl/α,β-unsaturated/α-hetero) is 1. The highest BCUT2D eigenvalue weighted by Gasteiger charge is 2.47. The van der Waals surface area contributed by atoms with Crippen molar-refractivity contribution >= 4 is 11.8 Å². The lowest BCUT2D eigenvalue weighted by molar-refractivity contribution is -0.309. The Hall–Kier alpha value is -1.33. The third kappa shape index (κ3) is 3.36. The molecule has 1 atom stereocenters. The SMILES string of the molecule is C=CCC(CC)(C(C)=O)C(=O)OC(F)(F)F. The Labute approximate surface area is 91.3 Å². The number of ether oxygens (including phenoxy) is 1. The van der Waals surface area contributed by atoms with Crippen LogP contribution in [0.2, 0.25) is 0 Å². The van der Waals surface area contributed by atoms with Crippen molar-refractivity contribution in [3.63, 3.8) is 0 Å². The number of carbonyl (C=O) groups excluding carboxylic acids is 2. The maximum atomic E-state index is 11.9. The minimum Gasteiger partial charge on any atom is -0.372 e. The minimum absolute atomic E-state index is 0.0662. The monoisotopic (exact) mass is 238 g/mol. The van der Waals surface area contributed by atoms with Crippen LogP contribution in [-0.2, 0) is 14.3 Å². The van der Waals surface area contributed by atoms with Crippen LogP contribution in [0, 0.1) is 5.41 Å². The van der Waals surface area contributed by atoms with Gasteiger partial charge in [-0.1, -0.05) is 13.0 Å². The van der Waals surface area contributed by atoms with E-state index in [0.717, 1.165) is 6.92 Å². The van der Waals surface area contributed by atoms with Crippen LogP contribution < -0.4 is 0 Å². The zero-order chi connectivity index (χ0) is 13.0. The van der Waals surface area contributed by atoms with Crippen molar-refractivity contribution in [1.29, 1.82) is 0 Å². The highest BCUT2D eigenvalue weighted by molar-refractivity contribution is 6.02. The van der Waals surface area contributed by atoms with Crippen LogP contribution in [0.3, 0.4) is 0 Å². The number of allylic oxidation sites excluding steroid dienone is 1. The van der Waals surface area contributed by atoms with Crippen LogP contribution in [0.25, 0.3) is 0 Å². The smallest absolute Gasteiger partial charge is 0.372 e. The molecule has 0 spiro atoms. The second-order valence-electron chi connectivity index (χ2n) is 3.32. The molecule has 0 N–H and O–H groups in total. The lowest BCUT2D eigenvalue weighted by Gasteiger charge is -2.26. The van der Waals surface area contributed by atoms with Gasteiger partial charge in [0.2, 0.25) is 0 Å². The Bertz CT molecular complexity index is 296. The first-order valence-corrected chi connectivity index (χ1v) is 4.61. The molecule has 0 aromatic carbocycles. The quantitative estimate of drug-likeness (QED) is 0.420. The van der Waals surface area contributed by atoms with E-state index >= 15 is 0 Å². The topological polar surface area (TPSA) is 43.4 Å². The summed E-state index contributed by atoms with van der Waals surface area (Å²) in [4.78, 5) is 22.6. The van der Waals surface area contributed by atoms with E-state index in [4.69, 9.17) is 0 Å². The summed E-state index contributed by atoms with van der Waals surface area (Å²) in [6.07, 6.45) is -4.09. The molecule has 0 saturated heterocycles. The summed E-state index contributed by atoms with van der Waals surface area (Å²) in [6.45, 7) is 5.82. The van der Waals surface area contributed by atoms with Crippen LogP contribution in [0.15, 0.2) is 12.7 Å². The lowest BCUT2D eigenvalue weighted by atomic mass is 9.78. The maximum absolute atomic E-state index is 11.9. The van der Waals surface area contributed by atoms with Crippen LogP contribution in [0.5, 0.6) is 0 Å². The molecule has 0 amide bonds. The molecule has 0 aliphatic heterocycles. The van der Waals surface area contributed by atoms with Crippen molar-refractivity contribution in [2.75, 3.05) is 0 Å². The Morgan fingerprint density at radius 1 is 1.38 bits per heavy atom. The van der Waals surface area contributed by atoms with E-state index in [2.05, 4.69) is 11.3 Å². The van der Waals surface area contributed by atoms with E-state index in [-0.39, 0.29) is 12.8 Å². The summed E-state index contributed by atoms with van der Waals surface area (Å²) in [5.74, 6) is -2.24. The Kier molecular flexibility index (Phi) is 4.71. The van der Waals surface area contributed by atoms with Gasteiger partial charge in [-0.2, -0.15) is 0 Å². The number of ketones is 1. The van der Waals surface area contributed by atoms with Crippen LogP contribution in [0.1, 0.15) is 26.7 Å². The summed E-state index contributed by atoms with van der Waals surface area (Å²) >= 11 is 0. The van der Waals surface area contributed by atoms with E-state index < -0.39 is 23.5 Å². The second kappa shape index (κ2) is 5.14. The van der Waals surface area contributed by atoms with Crippen LogP contribution in [-0.4, -0.2) is 18.1 Å². The van der Waals surface area contributed by atoms with Crippen LogP contribution in [0.4, 0.5) is 13.2 Å². The molecule has 0 fully saturated rings. The molecule has 0 bridgehead atoms. The second-order valence-corrected chi connectivity index (χ2v) is 3.32. The van der Waals surface area contributed by atoms with Crippen molar-refractivity contribution in [2.45, 2.75) is 33.1 Å². The zero-order valence-electron chi connectivity index (χ0n) is 9.06. The summed E-state index contributed by atoms with van der Waals surface area (Å²) < 4.78 is 39.0. The van der Waals surface area contributed by atoms with Gasteiger partial charge in [0.1, 0.15) is 11.2 Å². The average Bonchev–Trinajstić information content (AvgIpc) is 2.10. The van der Waals surface area contributed by atoms with Crippen molar-refractivity contribution in [2.24, 2.45) is 5.41 Å². The number of halogens is 3. The largest absolute Gasteiger partial charge is 0.575 e. The van der Waals surface area contributed by atoms with Gasteiger partial charge >= 0.3 is 12.3 Å². The molecule has 0 heterocycles. The number of esters is 1. The molecular formula is C10H13F3O3. The standard InChI is InChI=1S/C10H13F3O3/c1-4-6-9(5-2,7(3)14)8(15)16-10(11,12)13/h4H,1,5-6H2,2-3H3. The molecule has 0 aliphatic rings. The molecule has 0 radical (unpaired) electrons. The zero-order valence-corrected chi connectivity index (χ0v) is 9.06. The average molecular weight is 238 g/mol. The van der Waals surface area contributed by atoms with Crippen molar-refractivity contribution in [3.8, 4) is 0 Å². The van der Waals surface area contributed by atoms with E-state index in [1.807, 2.05) is 0 Å². The molecular weight excluding hydrogens is 225 g/mol. The molecule has 0 aliphatic carbocycles. The molecule has 3 nitrogen and oxygen atoms in total. The van der Waals surface area contributed by atoms with Gasteiger partial charge in [-0.3, -0.25) is 9.59 Å². The summed E-state index contributed by atoms with van der Waals surface area (Å²) in [6, 6.07) is 0. The van der Waals surface area contributed by atoms with Crippen molar-refractivity contribution in [1.82, 2.24) is 0 Å². The molecule has 0 aromatic rings. The third-order valence-electron chi connectivity index (χ3n) is 2.37. The lowest BCUT2D eigenvalue weighted by Crippen LogP contribution is -2.41. The molecule has 92 valence electrons. The summed E-state index contributed by atoms with van der Waals surface area (Å²) in [5, 5.41) is 0. The van der Waals surface area contributed by atoms with Gasteiger partial charge in [0, 0.05) is 0 Å². The number of hydrogen-bond acceptors (Lipinski definition) is 3. The van der Waals surface area contributed by atoms with Gasteiger partial charge in [0.25, 0.3) is 0 Å². The highest BCUT2D eigenvalue weighted by Crippen LogP contribution is 2.33. The first-order chi connectivity index (χ1) is 7.19. The third-order valence-corrected chi connectivity index (χ3v) is 2.37. The number of hydrogen-bond donors (Lipinski definition) is 0. The van der Waals surface area contributed by atoms with Gasteiger partial charge in [-0.05, 0) is 19.8 Å². The van der Waals surface area contributed by atoms with Gasteiger partial charge in [-0.25, -0.2) is 0 Å². The van der Waals surface area contributed by atoms with Crippen molar-refractivity contribution in [3.05, 3.63) is 12.7 Å². The number of rotatable bonds is 5. The summed E-state index contributed by atoms with van der Waals surface area (Å²) in [7, 11) is 0. The first-order valence-electron chi connectivity index (χ1n) is 4.61. The van der Waals surface area contributed by atoms with Crippen LogP contribution >= 0.6 is 0 Å².